The fraction of sp³-hybridized carbons (Fsp3) is 0.727. The fourth-order valence-electron chi connectivity index (χ4n) is 1.68. The quantitative estimate of drug-likeness (QED) is 0.629. The molecule has 15 heavy (non-hydrogen) atoms. The molecule has 4 heteroatoms. The molecule has 0 aliphatic carbocycles. The van der Waals surface area contributed by atoms with Crippen molar-refractivity contribution in [2.24, 2.45) is 0 Å². The average Bonchev–Trinajstić information content (AvgIpc) is 2.20. The van der Waals surface area contributed by atoms with E-state index in [4.69, 9.17) is 6.42 Å². The van der Waals surface area contributed by atoms with E-state index in [1.807, 2.05) is 0 Å². The lowest BCUT2D eigenvalue weighted by Gasteiger charge is -2.37. The van der Waals surface area contributed by atoms with Crippen LogP contribution in [0.1, 0.15) is 6.92 Å². The fourth-order valence-corrected chi connectivity index (χ4v) is 1.68. The minimum absolute atomic E-state index is 0.0182. The summed E-state index contributed by atoms with van der Waals surface area (Å²) in [6, 6.07) is 0.513. The molecule has 1 N–H and O–H groups in total. The summed E-state index contributed by atoms with van der Waals surface area (Å²) >= 11 is 0. The third kappa shape index (κ3) is 3.90. The summed E-state index contributed by atoms with van der Waals surface area (Å²) in [5, 5.41) is 2.68. The lowest BCUT2D eigenvalue weighted by atomic mass is 10.2. The second kappa shape index (κ2) is 5.74. The molecule has 0 spiro atoms. The molecule has 1 rings (SSSR count). The molecule has 1 unspecified atom stereocenters. The van der Waals surface area contributed by atoms with Crippen molar-refractivity contribution >= 4 is 5.91 Å². The third-order valence-corrected chi connectivity index (χ3v) is 2.80. The highest BCUT2D eigenvalue weighted by Gasteiger charge is 2.21. The molecule has 1 atom stereocenters. The number of hydrogen-bond acceptors (Lipinski definition) is 3. The first kappa shape index (κ1) is 12.0. The van der Waals surface area contributed by atoms with Gasteiger partial charge in [-0.25, -0.2) is 0 Å². The number of amides is 1. The van der Waals surface area contributed by atoms with E-state index in [1.54, 1.807) is 0 Å². The molecule has 84 valence electrons. The van der Waals surface area contributed by atoms with Crippen LogP contribution in [0.25, 0.3) is 0 Å². The normalized spacial score (nSPS) is 23.4. The van der Waals surface area contributed by atoms with Crippen LogP contribution in [0.2, 0.25) is 0 Å². The van der Waals surface area contributed by atoms with E-state index < -0.39 is 0 Å². The second-order valence-electron chi connectivity index (χ2n) is 4.05. The Labute approximate surface area is 91.6 Å². The van der Waals surface area contributed by atoms with Crippen LogP contribution in [0.5, 0.6) is 0 Å². The van der Waals surface area contributed by atoms with Gasteiger partial charge < -0.3 is 10.2 Å². The maximum absolute atomic E-state index is 11.4. The maximum Gasteiger partial charge on any atom is 0.234 e. The minimum Gasteiger partial charge on any atom is -0.344 e. The topological polar surface area (TPSA) is 35.6 Å². The van der Waals surface area contributed by atoms with Crippen molar-refractivity contribution in [3.63, 3.8) is 0 Å². The Hall–Kier alpha value is -1.05. The molecule has 4 nitrogen and oxygen atoms in total. The summed E-state index contributed by atoms with van der Waals surface area (Å²) in [5.74, 6) is 2.41. The summed E-state index contributed by atoms with van der Waals surface area (Å²) in [7, 11) is 2.11. The molecule has 1 saturated heterocycles. The van der Waals surface area contributed by atoms with Gasteiger partial charge in [0.2, 0.25) is 5.91 Å². The largest absolute Gasteiger partial charge is 0.344 e. The lowest BCUT2D eigenvalue weighted by molar-refractivity contribution is -0.122. The van der Waals surface area contributed by atoms with Crippen molar-refractivity contribution in [3.05, 3.63) is 0 Å². The molecular formula is C11H19N3O. The molecule has 1 aliphatic heterocycles. The van der Waals surface area contributed by atoms with Gasteiger partial charge in [-0.15, -0.1) is 6.42 Å². The van der Waals surface area contributed by atoms with Crippen molar-refractivity contribution in [3.8, 4) is 12.3 Å². The second-order valence-corrected chi connectivity index (χ2v) is 4.05. The number of hydrogen-bond donors (Lipinski definition) is 1. The number of nitrogens with zero attached hydrogens (tertiary/aromatic N) is 2. The summed E-state index contributed by atoms with van der Waals surface area (Å²) in [4.78, 5) is 15.9. The summed E-state index contributed by atoms with van der Waals surface area (Å²) in [5.41, 5.74) is 0. The van der Waals surface area contributed by atoms with Crippen molar-refractivity contribution in [2.45, 2.75) is 13.0 Å². The first-order valence-electron chi connectivity index (χ1n) is 5.26. The Bertz CT molecular complexity index is 259. The van der Waals surface area contributed by atoms with Gasteiger partial charge in [-0.3, -0.25) is 9.69 Å². The molecule has 1 heterocycles. The van der Waals surface area contributed by atoms with E-state index >= 15 is 0 Å². The van der Waals surface area contributed by atoms with Crippen molar-refractivity contribution < 1.29 is 4.79 Å². The summed E-state index contributed by atoms with van der Waals surface area (Å²) < 4.78 is 0. The first-order chi connectivity index (χ1) is 7.13. The number of terminal acetylenes is 1. The predicted molar refractivity (Wildman–Crippen MR) is 60.4 cm³/mol. The third-order valence-electron chi connectivity index (χ3n) is 2.80. The molecule has 1 fully saturated rings. The Balaban J connectivity index is 2.28. The van der Waals surface area contributed by atoms with Gasteiger partial charge in [-0.1, -0.05) is 5.92 Å². The van der Waals surface area contributed by atoms with Gasteiger partial charge in [0.15, 0.2) is 0 Å². The van der Waals surface area contributed by atoms with Crippen molar-refractivity contribution in [2.75, 3.05) is 39.8 Å². The van der Waals surface area contributed by atoms with Gasteiger partial charge in [0.25, 0.3) is 0 Å². The Morgan fingerprint density at radius 3 is 2.93 bits per heavy atom. The van der Waals surface area contributed by atoms with Gasteiger partial charge in [0, 0.05) is 25.7 Å². The van der Waals surface area contributed by atoms with Crippen LogP contribution >= 0.6 is 0 Å². The lowest BCUT2D eigenvalue weighted by Crippen LogP contribution is -2.52. The van der Waals surface area contributed by atoms with E-state index in [9.17, 15) is 4.79 Å². The molecule has 1 aliphatic rings. The molecule has 0 aromatic rings. The highest BCUT2D eigenvalue weighted by molar-refractivity contribution is 5.78. The Morgan fingerprint density at radius 1 is 1.60 bits per heavy atom. The molecule has 0 bridgehead atoms. The monoisotopic (exact) mass is 209 g/mol. The number of carbonyl (C=O) groups is 1. The van der Waals surface area contributed by atoms with E-state index in [-0.39, 0.29) is 5.91 Å². The van der Waals surface area contributed by atoms with Crippen LogP contribution < -0.4 is 5.32 Å². The van der Waals surface area contributed by atoms with E-state index in [0.29, 0.717) is 19.1 Å². The van der Waals surface area contributed by atoms with Crippen LogP contribution in [0, 0.1) is 12.3 Å². The van der Waals surface area contributed by atoms with E-state index in [1.165, 1.54) is 0 Å². The van der Waals surface area contributed by atoms with Crippen LogP contribution in [0.15, 0.2) is 0 Å². The maximum atomic E-state index is 11.4. The molecule has 0 aromatic carbocycles. The van der Waals surface area contributed by atoms with Gasteiger partial charge in [-0.05, 0) is 14.0 Å². The number of likely N-dealkylation sites (N-methyl/N-ethyl adjacent to an activating group) is 1. The van der Waals surface area contributed by atoms with Gasteiger partial charge >= 0.3 is 0 Å². The minimum atomic E-state index is 0.0182. The van der Waals surface area contributed by atoms with Crippen molar-refractivity contribution in [1.82, 2.24) is 15.1 Å². The zero-order valence-corrected chi connectivity index (χ0v) is 9.49. The van der Waals surface area contributed by atoms with E-state index in [2.05, 4.69) is 35.0 Å². The molecule has 1 amide bonds. The average molecular weight is 209 g/mol. The highest BCUT2D eigenvalue weighted by atomic mass is 16.2. The van der Waals surface area contributed by atoms with E-state index in [0.717, 1.165) is 19.6 Å². The smallest absolute Gasteiger partial charge is 0.234 e. The predicted octanol–water partition coefficient (Wildman–Crippen LogP) is -0.628. The van der Waals surface area contributed by atoms with Crippen LogP contribution in [-0.2, 0) is 4.79 Å². The Morgan fingerprint density at radius 2 is 2.33 bits per heavy atom. The van der Waals surface area contributed by atoms with Crippen molar-refractivity contribution in [1.29, 1.82) is 0 Å². The van der Waals surface area contributed by atoms with Gasteiger partial charge in [0.1, 0.15) is 0 Å². The first-order valence-corrected chi connectivity index (χ1v) is 5.26. The number of rotatable bonds is 3. The molecular weight excluding hydrogens is 190 g/mol. The summed E-state index contributed by atoms with van der Waals surface area (Å²) in [6.07, 6.45) is 5.07. The van der Waals surface area contributed by atoms with Crippen LogP contribution in [0.3, 0.4) is 0 Å². The zero-order chi connectivity index (χ0) is 11.3. The zero-order valence-electron chi connectivity index (χ0n) is 9.49. The number of carbonyl (C=O) groups excluding carboxylic acids is 1. The number of piperazine rings is 1. The van der Waals surface area contributed by atoms with Gasteiger partial charge in [0.05, 0.1) is 13.1 Å². The highest BCUT2D eigenvalue weighted by Crippen LogP contribution is 2.05. The molecule has 0 radical (unpaired) electrons. The molecule has 0 aromatic heterocycles. The molecule has 0 saturated carbocycles. The van der Waals surface area contributed by atoms with Crippen LogP contribution in [0.4, 0.5) is 0 Å². The summed E-state index contributed by atoms with van der Waals surface area (Å²) in [6.45, 7) is 5.86. The Kier molecular flexibility index (Phi) is 4.60. The SMILES string of the molecule is C#CCNC(=O)CN1CCN(C)C(C)C1. The van der Waals surface area contributed by atoms with Crippen LogP contribution in [-0.4, -0.2) is 61.5 Å². The van der Waals surface area contributed by atoms with Gasteiger partial charge in [-0.2, -0.15) is 0 Å². The standard InChI is InChI=1S/C11H19N3O/c1-4-5-12-11(15)9-14-7-6-13(3)10(2)8-14/h1,10H,5-9H2,2-3H3,(H,12,15). The number of nitrogens with one attached hydrogen (secondary N) is 1.